The molecule has 42 heavy (non-hydrogen) atoms. The number of thiazole rings is 1. The Kier molecular flexibility index (Phi) is 9.53. The molecular formula is C33H29N3O4S2. The van der Waals surface area contributed by atoms with Crippen molar-refractivity contribution in [1.82, 2.24) is 4.98 Å². The highest BCUT2D eigenvalue weighted by Crippen LogP contribution is 2.38. The molecule has 0 spiro atoms. The highest BCUT2D eigenvalue weighted by Gasteiger charge is 2.23. The van der Waals surface area contributed by atoms with Crippen LogP contribution in [0.15, 0.2) is 113 Å². The van der Waals surface area contributed by atoms with Gasteiger partial charge in [0, 0.05) is 21.5 Å². The predicted octanol–water partition coefficient (Wildman–Crippen LogP) is 7.48. The fourth-order valence-electron chi connectivity index (χ4n) is 4.27. The Morgan fingerprint density at radius 1 is 0.833 bits per heavy atom. The summed E-state index contributed by atoms with van der Waals surface area (Å²) in [5.41, 5.74) is 4.11. The highest BCUT2D eigenvalue weighted by atomic mass is 32.2. The van der Waals surface area contributed by atoms with Crippen LogP contribution in [0, 0.1) is 0 Å². The number of nitrogens with one attached hydrogen (secondary N) is 2. The average molecular weight is 596 g/mol. The van der Waals surface area contributed by atoms with Gasteiger partial charge in [-0.3, -0.25) is 9.59 Å². The third-order valence-corrected chi connectivity index (χ3v) is 8.38. The molecule has 7 nitrogen and oxygen atoms in total. The van der Waals surface area contributed by atoms with Gasteiger partial charge in [-0.1, -0.05) is 60.7 Å². The first-order chi connectivity index (χ1) is 20.5. The fourth-order valence-corrected chi connectivity index (χ4v) is 6.02. The molecule has 0 aliphatic rings. The Morgan fingerprint density at radius 2 is 1.52 bits per heavy atom. The number of nitrogens with zero attached hydrogens (tertiary/aromatic N) is 1. The van der Waals surface area contributed by atoms with Gasteiger partial charge in [-0.15, -0.1) is 23.1 Å². The molecule has 1 heterocycles. The van der Waals surface area contributed by atoms with Crippen molar-refractivity contribution in [1.29, 1.82) is 0 Å². The van der Waals surface area contributed by atoms with Gasteiger partial charge in [-0.2, -0.15) is 0 Å². The number of ether oxygens (including phenoxy) is 2. The van der Waals surface area contributed by atoms with E-state index in [1.807, 2.05) is 109 Å². The predicted molar refractivity (Wildman–Crippen MR) is 170 cm³/mol. The summed E-state index contributed by atoms with van der Waals surface area (Å²) < 4.78 is 10.7. The van der Waals surface area contributed by atoms with E-state index >= 15 is 0 Å². The molecule has 0 fully saturated rings. The third kappa shape index (κ3) is 7.37. The van der Waals surface area contributed by atoms with Crippen LogP contribution >= 0.6 is 23.1 Å². The van der Waals surface area contributed by atoms with Crippen molar-refractivity contribution in [3.05, 3.63) is 120 Å². The van der Waals surface area contributed by atoms with Crippen LogP contribution in [-0.2, 0) is 16.0 Å². The van der Waals surface area contributed by atoms with Crippen LogP contribution < -0.4 is 20.1 Å². The molecule has 2 N–H and O–H groups in total. The molecular weight excluding hydrogens is 567 g/mol. The van der Waals surface area contributed by atoms with E-state index in [0.29, 0.717) is 28.7 Å². The molecule has 0 aliphatic heterocycles. The zero-order valence-electron chi connectivity index (χ0n) is 23.1. The van der Waals surface area contributed by atoms with Crippen molar-refractivity contribution in [2.45, 2.75) is 16.6 Å². The quantitative estimate of drug-likeness (QED) is 0.154. The number of hydrogen-bond donors (Lipinski definition) is 2. The summed E-state index contributed by atoms with van der Waals surface area (Å²) in [5.74, 6) is 0.977. The van der Waals surface area contributed by atoms with E-state index in [4.69, 9.17) is 9.47 Å². The molecule has 5 rings (SSSR count). The monoisotopic (exact) mass is 595 g/mol. The van der Waals surface area contributed by atoms with Crippen LogP contribution in [0.5, 0.6) is 11.5 Å². The van der Waals surface area contributed by atoms with Gasteiger partial charge < -0.3 is 20.1 Å². The van der Waals surface area contributed by atoms with Crippen molar-refractivity contribution in [2.75, 3.05) is 24.9 Å². The largest absolute Gasteiger partial charge is 0.493 e. The van der Waals surface area contributed by atoms with Crippen LogP contribution in [0.3, 0.4) is 0 Å². The number of carbonyl (C=O) groups excluding carboxylic acids is 2. The molecule has 9 heteroatoms. The molecule has 0 saturated carbocycles. The molecule has 212 valence electrons. The number of anilines is 2. The van der Waals surface area contributed by atoms with Crippen molar-refractivity contribution in [2.24, 2.45) is 0 Å². The van der Waals surface area contributed by atoms with Gasteiger partial charge in [-0.05, 0) is 53.6 Å². The standard InChI is InChI=1S/C33H29N3O4S2/c1-39-28-18-13-24(20-29(28)40-2)27-21-41-33(35-27)36-32(38)31(23-11-7-4-8-12-23)42-26-16-14-25(15-17-26)34-30(37)19-22-9-5-3-6-10-22/h3-18,20-21,31H,19H2,1-2H3,(H,34,37)(H,35,36,38). The Labute approximate surface area is 252 Å². The highest BCUT2D eigenvalue weighted by molar-refractivity contribution is 8.00. The van der Waals surface area contributed by atoms with E-state index < -0.39 is 5.25 Å². The van der Waals surface area contributed by atoms with E-state index in [9.17, 15) is 9.59 Å². The van der Waals surface area contributed by atoms with Crippen molar-refractivity contribution >= 4 is 45.7 Å². The van der Waals surface area contributed by atoms with Gasteiger partial charge in [0.25, 0.3) is 0 Å². The first-order valence-corrected chi connectivity index (χ1v) is 14.9. The van der Waals surface area contributed by atoms with Gasteiger partial charge in [0.05, 0.1) is 26.3 Å². The molecule has 4 aromatic carbocycles. The summed E-state index contributed by atoms with van der Waals surface area (Å²) in [5, 5.41) is 7.82. The summed E-state index contributed by atoms with van der Waals surface area (Å²) in [6.07, 6.45) is 0.304. The lowest BCUT2D eigenvalue weighted by atomic mass is 10.1. The lowest BCUT2D eigenvalue weighted by Crippen LogP contribution is -2.19. The number of hydrogen-bond acceptors (Lipinski definition) is 7. The second-order valence-electron chi connectivity index (χ2n) is 9.24. The number of aromatic nitrogens is 1. The minimum atomic E-state index is -0.516. The zero-order chi connectivity index (χ0) is 29.3. The molecule has 0 saturated heterocycles. The summed E-state index contributed by atoms with van der Waals surface area (Å²) in [6, 6.07) is 32.3. The molecule has 5 aromatic rings. The molecule has 0 radical (unpaired) electrons. The Balaban J connectivity index is 1.27. The summed E-state index contributed by atoms with van der Waals surface area (Å²) in [7, 11) is 3.18. The first kappa shape index (κ1) is 28.9. The minimum absolute atomic E-state index is 0.0842. The van der Waals surface area contributed by atoms with Crippen molar-refractivity contribution < 1.29 is 19.1 Å². The first-order valence-electron chi connectivity index (χ1n) is 13.2. The fraction of sp³-hybridized carbons (Fsp3) is 0.121. The van der Waals surface area contributed by atoms with Crippen LogP contribution in [0.25, 0.3) is 11.3 Å². The van der Waals surface area contributed by atoms with Gasteiger partial charge in [-0.25, -0.2) is 4.98 Å². The maximum atomic E-state index is 13.6. The molecule has 1 atom stereocenters. The van der Waals surface area contributed by atoms with E-state index in [0.717, 1.165) is 27.3 Å². The molecule has 2 amide bonds. The SMILES string of the molecule is COc1ccc(-c2csc(NC(=O)C(Sc3ccc(NC(=O)Cc4ccccc4)cc3)c3ccccc3)n2)cc1OC. The van der Waals surface area contributed by atoms with E-state index in [2.05, 4.69) is 15.6 Å². The number of methoxy groups -OCH3 is 2. The van der Waals surface area contributed by atoms with Crippen LogP contribution in [-0.4, -0.2) is 31.0 Å². The van der Waals surface area contributed by atoms with Crippen molar-refractivity contribution in [3.8, 4) is 22.8 Å². The Morgan fingerprint density at radius 3 is 2.21 bits per heavy atom. The summed E-state index contributed by atoms with van der Waals surface area (Å²) in [4.78, 5) is 31.6. The average Bonchev–Trinajstić information content (AvgIpc) is 3.49. The van der Waals surface area contributed by atoms with E-state index in [1.54, 1.807) is 14.2 Å². The number of rotatable bonds is 11. The van der Waals surface area contributed by atoms with Crippen LogP contribution in [0.4, 0.5) is 10.8 Å². The summed E-state index contributed by atoms with van der Waals surface area (Å²) in [6.45, 7) is 0. The van der Waals surface area contributed by atoms with Gasteiger partial charge in [0.2, 0.25) is 11.8 Å². The normalized spacial score (nSPS) is 11.4. The zero-order valence-corrected chi connectivity index (χ0v) is 24.7. The second kappa shape index (κ2) is 13.8. The maximum absolute atomic E-state index is 13.6. The van der Waals surface area contributed by atoms with E-state index in [-0.39, 0.29) is 11.8 Å². The topological polar surface area (TPSA) is 89.6 Å². The molecule has 1 unspecified atom stereocenters. The van der Waals surface area contributed by atoms with Crippen molar-refractivity contribution in [3.63, 3.8) is 0 Å². The van der Waals surface area contributed by atoms with Crippen LogP contribution in [0.1, 0.15) is 16.4 Å². The maximum Gasteiger partial charge on any atom is 0.244 e. The third-order valence-electron chi connectivity index (χ3n) is 6.35. The van der Waals surface area contributed by atoms with Gasteiger partial charge in [0.15, 0.2) is 16.6 Å². The number of carbonyl (C=O) groups is 2. The summed E-state index contributed by atoms with van der Waals surface area (Å²) >= 11 is 2.79. The molecule has 0 aliphatic carbocycles. The number of benzene rings is 4. The van der Waals surface area contributed by atoms with Gasteiger partial charge in [0.1, 0.15) is 5.25 Å². The van der Waals surface area contributed by atoms with E-state index in [1.165, 1.54) is 23.1 Å². The number of thioether (sulfide) groups is 1. The second-order valence-corrected chi connectivity index (χ2v) is 11.3. The van der Waals surface area contributed by atoms with Crippen LogP contribution in [0.2, 0.25) is 0 Å². The number of amides is 2. The minimum Gasteiger partial charge on any atom is -0.493 e. The Bertz CT molecular complexity index is 1640. The van der Waals surface area contributed by atoms with Gasteiger partial charge >= 0.3 is 0 Å². The molecule has 1 aromatic heterocycles. The lowest BCUT2D eigenvalue weighted by Gasteiger charge is -2.16. The lowest BCUT2D eigenvalue weighted by molar-refractivity contribution is -0.116. The Hall–Kier alpha value is -4.60. The smallest absolute Gasteiger partial charge is 0.244 e. The molecule has 0 bridgehead atoms.